The molecule has 90 valence electrons. The average Bonchev–Trinajstić information content (AvgIpc) is 2.25. The number of ether oxygens (including phenoxy) is 1. The average molecular weight is 289 g/mol. The van der Waals surface area contributed by atoms with E-state index in [1.54, 1.807) is 13.0 Å². The maximum atomic E-state index is 9.56. The van der Waals surface area contributed by atoms with Gasteiger partial charge in [-0.3, -0.25) is 0 Å². The molecule has 2 N–H and O–H groups in total. The van der Waals surface area contributed by atoms with E-state index in [4.69, 9.17) is 4.74 Å². The van der Waals surface area contributed by atoms with Gasteiger partial charge in [-0.1, -0.05) is 28.9 Å². The third-order valence-corrected chi connectivity index (χ3v) is 2.82. The molecule has 1 unspecified atom stereocenters. The van der Waals surface area contributed by atoms with Crippen LogP contribution in [0.5, 0.6) is 5.75 Å². The van der Waals surface area contributed by atoms with Gasteiger partial charge in [-0.25, -0.2) is 0 Å². The fraction of sp³-hybridized carbons (Fsp3) is 0.500. The minimum atomic E-state index is -0.582. The SMILES string of the molecule is CCC(O)COc1cc(Br)ccc1[C@H](C)O. The van der Waals surface area contributed by atoms with Gasteiger partial charge in [-0.05, 0) is 25.5 Å². The van der Waals surface area contributed by atoms with Crippen molar-refractivity contribution in [3.63, 3.8) is 0 Å². The highest BCUT2D eigenvalue weighted by molar-refractivity contribution is 9.10. The molecule has 0 aliphatic carbocycles. The Balaban J connectivity index is 2.80. The number of rotatable bonds is 5. The molecule has 0 aliphatic heterocycles. The molecule has 0 saturated heterocycles. The lowest BCUT2D eigenvalue weighted by Crippen LogP contribution is -2.16. The Kier molecular flexibility index (Phi) is 5.25. The highest BCUT2D eigenvalue weighted by atomic mass is 79.9. The van der Waals surface area contributed by atoms with E-state index in [0.29, 0.717) is 12.2 Å². The lowest BCUT2D eigenvalue weighted by molar-refractivity contribution is 0.101. The van der Waals surface area contributed by atoms with Crippen molar-refractivity contribution in [3.05, 3.63) is 28.2 Å². The van der Waals surface area contributed by atoms with Crippen LogP contribution in [-0.2, 0) is 0 Å². The lowest BCUT2D eigenvalue weighted by Gasteiger charge is -2.15. The van der Waals surface area contributed by atoms with Crippen LogP contribution in [0.15, 0.2) is 22.7 Å². The van der Waals surface area contributed by atoms with Gasteiger partial charge in [0.1, 0.15) is 12.4 Å². The molecule has 0 fully saturated rings. The van der Waals surface area contributed by atoms with E-state index in [9.17, 15) is 10.2 Å². The molecule has 0 spiro atoms. The zero-order chi connectivity index (χ0) is 12.1. The topological polar surface area (TPSA) is 49.7 Å². The highest BCUT2D eigenvalue weighted by Crippen LogP contribution is 2.28. The highest BCUT2D eigenvalue weighted by Gasteiger charge is 2.11. The van der Waals surface area contributed by atoms with Crippen LogP contribution in [0.2, 0.25) is 0 Å². The van der Waals surface area contributed by atoms with Crippen LogP contribution in [0.3, 0.4) is 0 Å². The Bertz CT molecular complexity index is 339. The fourth-order valence-corrected chi connectivity index (χ4v) is 1.62. The molecule has 3 nitrogen and oxygen atoms in total. The minimum Gasteiger partial charge on any atom is -0.490 e. The van der Waals surface area contributed by atoms with Gasteiger partial charge < -0.3 is 14.9 Å². The van der Waals surface area contributed by atoms with E-state index in [1.807, 2.05) is 19.1 Å². The zero-order valence-electron chi connectivity index (χ0n) is 9.48. The molecule has 0 bridgehead atoms. The van der Waals surface area contributed by atoms with Gasteiger partial charge in [0, 0.05) is 10.0 Å². The fourth-order valence-electron chi connectivity index (χ4n) is 1.28. The van der Waals surface area contributed by atoms with Crippen LogP contribution in [0.4, 0.5) is 0 Å². The van der Waals surface area contributed by atoms with E-state index in [0.717, 1.165) is 10.0 Å². The summed E-state index contributed by atoms with van der Waals surface area (Å²) < 4.78 is 6.38. The first-order chi connectivity index (χ1) is 7.54. The summed E-state index contributed by atoms with van der Waals surface area (Å²) in [4.78, 5) is 0. The van der Waals surface area contributed by atoms with E-state index >= 15 is 0 Å². The third kappa shape index (κ3) is 3.77. The molecule has 2 atom stereocenters. The molecule has 16 heavy (non-hydrogen) atoms. The van der Waals surface area contributed by atoms with Crippen LogP contribution in [0.1, 0.15) is 31.9 Å². The molecular weight excluding hydrogens is 272 g/mol. The van der Waals surface area contributed by atoms with E-state index in [1.165, 1.54) is 0 Å². The van der Waals surface area contributed by atoms with Crippen molar-refractivity contribution in [1.29, 1.82) is 0 Å². The second-order valence-corrected chi connectivity index (χ2v) is 4.65. The predicted octanol–water partition coefficient (Wildman–Crippen LogP) is 2.65. The number of hydrogen-bond acceptors (Lipinski definition) is 3. The normalized spacial score (nSPS) is 14.6. The second-order valence-electron chi connectivity index (χ2n) is 3.73. The summed E-state index contributed by atoms with van der Waals surface area (Å²) in [6.45, 7) is 3.82. The Labute approximate surface area is 104 Å². The molecular formula is C12H17BrO3. The quantitative estimate of drug-likeness (QED) is 0.876. The summed E-state index contributed by atoms with van der Waals surface area (Å²) in [5.74, 6) is 0.608. The Morgan fingerprint density at radius 3 is 2.62 bits per heavy atom. The summed E-state index contributed by atoms with van der Waals surface area (Å²) in [5.41, 5.74) is 0.728. The van der Waals surface area contributed by atoms with Crippen LogP contribution in [0.25, 0.3) is 0 Å². The van der Waals surface area contributed by atoms with Gasteiger partial charge in [0.25, 0.3) is 0 Å². The number of hydrogen-bond donors (Lipinski definition) is 2. The molecule has 0 heterocycles. The van der Waals surface area contributed by atoms with Crippen molar-refractivity contribution in [2.75, 3.05) is 6.61 Å². The van der Waals surface area contributed by atoms with Gasteiger partial charge in [0.2, 0.25) is 0 Å². The number of aliphatic hydroxyl groups excluding tert-OH is 2. The van der Waals surface area contributed by atoms with Crippen LogP contribution >= 0.6 is 15.9 Å². The summed E-state index contributed by atoms with van der Waals surface area (Å²) in [7, 11) is 0. The van der Waals surface area contributed by atoms with Gasteiger partial charge >= 0.3 is 0 Å². The maximum absolute atomic E-state index is 9.56. The molecule has 4 heteroatoms. The maximum Gasteiger partial charge on any atom is 0.126 e. The van der Waals surface area contributed by atoms with Crippen molar-refractivity contribution in [2.24, 2.45) is 0 Å². The molecule has 0 saturated carbocycles. The van der Waals surface area contributed by atoms with Gasteiger partial charge in [-0.2, -0.15) is 0 Å². The van der Waals surface area contributed by atoms with Crippen LogP contribution in [0, 0.1) is 0 Å². The van der Waals surface area contributed by atoms with Crippen molar-refractivity contribution >= 4 is 15.9 Å². The molecule has 1 aromatic carbocycles. The van der Waals surface area contributed by atoms with Gasteiger partial charge in [-0.15, -0.1) is 0 Å². The molecule has 1 aromatic rings. The second kappa shape index (κ2) is 6.23. The molecule has 0 aromatic heterocycles. The van der Waals surface area contributed by atoms with Crippen molar-refractivity contribution in [2.45, 2.75) is 32.5 Å². The van der Waals surface area contributed by atoms with Crippen LogP contribution in [-0.4, -0.2) is 22.9 Å². The first-order valence-electron chi connectivity index (χ1n) is 5.33. The van der Waals surface area contributed by atoms with Gasteiger partial charge in [0.05, 0.1) is 12.2 Å². The largest absolute Gasteiger partial charge is 0.490 e. The predicted molar refractivity (Wildman–Crippen MR) is 66.6 cm³/mol. The number of aliphatic hydroxyl groups is 2. The standard InChI is InChI=1S/C12H17BrO3/c1-3-10(15)7-16-12-6-9(13)4-5-11(12)8(2)14/h4-6,8,10,14-15H,3,7H2,1-2H3/t8-,10?/m0/s1. The van der Waals surface area contributed by atoms with E-state index < -0.39 is 12.2 Å². The molecule has 0 amide bonds. The monoisotopic (exact) mass is 288 g/mol. The van der Waals surface area contributed by atoms with E-state index in [-0.39, 0.29) is 6.61 Å². The Hall–Kier alpha value is -0.580. The smallest absolute Gasteiger partial charge is 0.126 e. The summed E-state index contributed by atoms with van der Waals surface area (Å²) in [6, 6.07) is 5.46. The molecule has 1 rings (SSSR count). The number of halogens is 1. The zero-order valence-corrected chi connectivity index (χ0v) is 11.1. The Morgan fingerprint density at radius 2 is 2.06 bits per heavy atom. The van der Waals surface area contributed by atoms with Crippen LogP contribution < -0.4 is 4.74 Å². The number of benzene rings is 1. The first-order valence-corrected chi connectivity index (χ1v) is 6.12. The minimum absolute atomic E-state index is 0.243. The van der Waals surface area contributed by atoms with Crippen molar-refractivity contribution in [3.8, 4) is 5.75 Å². The van der Waals surface area contributed by atoms with Crippen molar-refractivity contribution in [1.82, 2.24) is 0 Å². The third-order valence-electron chi connectivity index (χ3n) is 2.33. The van der Waals surface area contributed by atoms with E-state index in [2.05, 4.69) is 15.9 Å². The first kappa shape index (κ1) is 13.5. The molecule has 0 radical (unpaired) electrons. The van der Waals surface area contributed by atoms with Crippen molar-refractivity contribution < 1.29 is 14.9 Å². The summed E-state index contributed by atoms with van der Waals surface area (Å²) in [5, 5.41) is 19.0. The Morgan fingerprint density at radius 1 is 1.38 bits per heavy atom. The van der Waals surface area contributed by atoms with Gasteiger partial charge in [0.15, 0.2) is 0 Å². The summed E-state index contributed by atoms with van der Waals surface area (Å²) >= 11 is 3.35. The summed E-state index contributed by atoms with van der Waals surface area (Å²) in [6.07, 6.45) is -0.402. The molecule has 0 aliphatic rings. The lowest BCUT2D eigenvalue weighted by atomic mass is 10.1.